The topological polar surface area (TPSA) is 108 Å². The molecule has 11 heteroatoms. The van der Waals surface area contributed by atoms with Crippen LogP contribution < -0.4 is 9.54 Å². The summed E-state index contributed by atoms with van der Waals surface area (Å²) < 4.78 is 13.8. The second-order valence-corrected chi connectivity index (χ2v) is 16.1. The van der Waals surface area contributed by atoms with E-state index < -0.39 is 8.07 Å². The molecule has 0 aliphatic heterocycles. The van der Waals surface area contributed by atoms with E-state index in [1.807, 2.05) is 54.1 Å². The third-order valence-corrected chi connectivity index (χ3v) is 7.80. The summed E-state index contributed by atoms with van der Waals surface area (Å²) in [6, 6.07) is 12.7. The van der Waals surface area contributed by atoms with Gasteiger partial charge in [-0.3, -0.25) is 9.55 Å². The summed E-state index contributed by atoms with van der Waals surface area (Å²) in [7, 11) is -1.20. The number of thiazole rings is 1. The molecule has 0 saturated heterocycles. The fourth-order valence-corrected chi connectivity index (χ4v) is 4.82. The van der Waals surface area contributed by atoms with Crippen LogP contribution in [0.4, 0.5) is 5.82 Å². The highest BCUT2D eigenvalue weighted by Gasteiger charge is 2.14. The second kappa shape index (κ2) is 11.7. The lowest BCUT2D eigenvalue weighted by atomic mass is 10.3. The first-order valence-corrected chi connectivity index (χ1v) is 16.1. The maximum atomic E-state index is 9.24. The zero-order valence-corrected chi connectivity index (χ0v) is 22.7. The third-order valence-electron chi connectivity index (χ3n) is 5.05. The van der Waals surface area contributed by atoms with Gasteiger partial charge in [0.2, 0.25) is 0 Å². The number of aryl methyl sites for hydroxylation is 1. The van der Waals surface area contributed by atoms with E-state index in [1.54, 1.807) is 6.20 Å². The number of nitrogens with zero attached hydrogens (tertiary/aromatic N) is 6. The Hall–Kier alpha value is -3.25. The van der Waals surface area contributed by atoms with E-state index in [0.29, 0.717) is 35.4 Å². The molecular weight excluding hydrogens is 492 g/mol. The molecule has 36 heavy (non-hydrogen) atoms. The van der Waals surface area contributed by atoms with Gasteiger partial charge in [-0.05, 0) is 31.2 Å². The molecule has 0 amide bonds. The summed E-state index contributed by atoms with van der Waals surface area (Å²) in [6.07, 6.45) is 5.03. The van der Waals surface area contributed by atoms with Crippen molar-refractivity contribution in [3.63, 3.8) is 0 Å². The Morgan fingerprint density at radius 3 is 2.58 bits per heavy atom. The van der Waals surface area contributed by atoms with Crippen LogP contribution >= 0.6 is 11.3 Å². The smallest absolute Gasteiger partial charge is 0.322 e. The highest BCUT2D eigenvalue weighted by molar-refractivity contribution is 7.12. The molecule has 9 nitrogen and oxygen atoms in total. The Balaban J connectivity index is 1.65. The number of aliphatic hydroxyl groups excluding tert-OH is 1. The van der Waals surface area contributed by atoms with Crippen molar-refractivity contribution in [1.82, 2.24) is 24.5 Å². The Morgan fingerprint density at radius 1 is 1.08 bits per heavy atom. The maximum absolute atomic E-state index is 9.24. The molecule has 0 saturated carbocycles. The molecule has 4 rings (SSSR count). The van der Waals surface area contributed by atoms with Gasteiger partial charge in [-0.25, -0.2) is 9.97 Å². The summed E-state index contributed by atoms with van der Waals surface area (Å²) >= 11 is 1.47. The fraction of sp³-hybridized carbons (Fsp3) is 0.320. The number of benzene rings is 1. The number of hydrogen-bond acceptors (Lipinski definition) is 9. The van der Waals surface area contributed by atoms with Crippen LogP contribution in [0.15, 0.2) is 60.0 Å². The van der Waals surface area contributed by atoms with E-state index in [1.165, 1.54) is 17.5 Å². The molecule has 0 aliphatic rings. The van der Waals surface area contributed by atoms with Crippen molar-refractivity contribution in [2.24, 2.45) is 4.99 Å². The number of para-hydroxylation sites is 1. The first-order valence-electron chi connectivity index (χ1n) is 11.6. The predicted octanol–water partition coefficient (Wildman–Crippen LogP) is 4.93. The Bertz CT molecular complexity index is 1350. The Morgan fingerprint density at radius 2 is 1.89 bits per heavy atom. The molecule has 0 atom stereocenters. The summed E-state index contributed by atoms with van der Waals surface area (Å²) in [5.74, 6) is 1.12. The van der Waals surface area contributed by atoms with Gasteiger partial charge in [-0.2, -0.15) is 9.98 Å². The number of ether oxygens (including phenoxy) is 2. The van der Waals surface area contributed by atoms with Crippen molar-refractivity contribution in [3.8, 4) is 22.3 Å². The number of rotatable bonds is 10. The third kappa shape index (κ3) is 7.37. The predicted molar refractivity (Wildman–Crippen MR) is 142 cm³/mol. The molecule has 1 aromatic carbocycles. The van der Waals surface area contributed by atoms with E-state index in [2.05, 4.69) is 44.6 Å². The van der Waals surface area contributed by atoms with Crippen molar-refractivity contribution >= 4 is 25.2 Å². The molecule has 0 radical (unpaired) electrons. The highest BCUT2D eigenvalue weighted by atomic mass is 32.1. The normalized spacial score (nSPS) is 12.2. The average molecular weight is 523 g/mol. The van der Waals surface area contributed by atoms with Gasteiger partial charge in [-0.15, -0.1) is 0 Å². The largest absolute Gasteiger partial charge is 0.424 e. The quantitative estimate of drug-likeness (QED) is 0.232. The minimum atomic E-state index is -1.20. The van der Waals surface area contributed by atoms with E-state index in [9.17, 15) is 5.11 Å². The number of aliphatic hydroxyl groups is 1. The van der Waals surface area contributed by atoms with E-state index in [-0.39, 0.29) is 12.6 Å². The standard InChI is InChI=1S/C25H30N6O3SSi/c1-18-12-21(29-24(28-18)34-20-8-6-5-7-9-20)22-15-31(17-33-10-11-36(2,3)4)25(35-22)30-23-14-26-19(16-32)13-27-23/h5-9,12-15,32H,10-11,16-17H2,1-4H3. The van der Waals surface area contributed by atoms with Gasteiger partial charge < -0.3 is 14.6 Å². The van der Waals surface area contributed by atoms with Crippen LogP contribution in [0.25, 0.3) is 10.6 Å². The van der Waals surface area contributed by atoms with Crippen LogP contribution in [0.1, 0.15) is 11.4 Å². The van der Waals surface area contributed by atoms with Gasteiger partial charge in [0.1, 0.15) is 12.5 Å². The fourth-order valence-electron chi connectivity index (χ4n) is 3.11. The molecule has 0 fully saturated rings. The van der Waals surface area contributed by atoms with E-state index in [4.69, 9.17) is 9.47 Å². The summed E-state index contributed by atoms with van der Waals surface area (Å²) in [6.45, 7) is 9.78. The molecule has 0 spiro atoms. The zero-order chi connectivity index (χ0) is 25.5. The lowest BCUT2D eigenvalue weighted by Crippen LogP contribution is -2.23. The SMILES string of the molecule is Cc1cc(-c2cn(COCC[Si](C)(C)C)c(=Nc3cnc(CO)cn3)s2)nc(Oc2ccccc2)n1. The van der Waals surface area contributed by atoms with Crippen LogP contribution in [-0.2, 0) is 18.1 Å². The lowest BCUT2D eigenvalue weighted by molar-refractivity contribution is 0.0855. The van der Waals surface area contributed by atoms with Gasteiger partial charge in [0.25, 0.3) is 0 Å². The molecule has 0 aliphatic carbocycles. The molecule has 1 N–H and O–H groups in total. The number of hydrogen-bond donors (Lipinski definition) is 1. The average Bonchev–Trinajstić information content (AvgIpc) is 3.24. The molecule has 0 unspecified atom stereocenters. The monoisotopic (exact) mass is 522 g/mol. The first-order chi connectivity index (χ1) is 17.3. The van der Waals surface area contributed by atoms with Crippen molar-refractivity contribution in [3.05, 3.63) is 71.2 Å². The summed E-state index contributed by atoms with van der Waals surface area (Å²) in [4.78, 5) is 23.8. The molecule has 0 bridgehead atoms. The van der Waals surface area contributed by atoms with Crippen LogP contribution in [0.2, 0.25) is 25.7 Å². The minimum Gasteiger partial charge on any atom is -0.424 e. The molecule has 188 valence electrons. The van der Waals surface area contributed by atoms with Crippen molar-refractivity contribution < 1.29 is 14.6 Å². The van der Waals surface area contributed by atoms with Gasteiger partial charge in [-0.1, -0.05) is 49.2 Å². The van der Waals surface area contributed by atoms with Crippen molar-refractivity contribution in [2.45, 2.75) is 45.9 Å². The van der Waals surface area contributed by atoms with Crippen LogP contribution in [0.5, 0.6) is 11.8 Å². The molecular formula is C25H30N6O3SSi. The first kappa shape index (κ1) is 25.8. The Labute approximate surface area is 215 Å². The van der Waals surface area contributed by atoms with Crippen molar-refractivity contribution in [2.75, 3.05) is 6.61 Å². The molecule has 4 aromatic rings. The summed E-state index contributed by atoms with van der Waals surface area (Å²) in [5.41, 5.74) is 2.02. The van der Waals surface area contributed by atoms with Gasteiger partial charge in [0.05, 0.1) is 35.3 Å². The van der Waals surface area contributed by atoms with Gasteiger partial charge in [0.15, 0.2) is 10.6 Å². The van der Waals surface area contributed by atoms with E-state index >= 15 is 0 Å². The van der Waals surface area contributed by atoms with Gasteiger partial charge in [0, 0.05) is 26.6 Å². The second-order valence-electron chi connectivity index (χ2n) is 9.42. The van der Waals surface area contributed by atoms with Crippen LogP contribution in [0.3, 0.4) is 0 Å². The Kier molecular flexibility index (Phi) is 8.36. The molecule has 3 heterocycles. The van der Waals surface area contributed by atoms with Crippen LogP contribution in [-0.4, -0.2) is 44.3 Å². The zero-order valence-electron chi connectivity index (χ0n) is 20.9. The highest BCUT2D eigenvalue weighted by Crippen LogP contribution is 2.25. The summed E-state index contributed by atoms with van der Waals surface area (Å²) in [5, 5.41) is 9.24. The maximum Gasteiger partial charge on any atom is 0.322 e. The molecule has 3 aromatic heterocycles. The van der Waals surface area contributed by atoms with Crippen LogP contribution in [0, 0.1) is 6.92 Å². The van der Waals surface area contributed by atoms with Crippen molar-refractivity contribution in [1.29, 1.82) is 0 Å². The van der Waals surface area contributed by atoms with Gasteiger partial charge >= 0.3 is 6.01 Å². The minimum absolute atomic E-state index is 0.165. The number of aromatic nitrogens is 5. The van der Waals surface area contributed by atoms with E-state index in [0.717, 1.165) is 22.3 Å². The lowest BCUT2D eigenvalue weighted by Gasteiger charge is -2.15.